The summed E-state index contributed by atoms with van der Waals surface area (Å²) in [5, 5.41) is 3.64. The molecule has 2 atom stereocenters. The van der Waals surface area contributed by atoms with E-state index in [0.717, 1.165) is 12.2 Å². The van der Waals surface area contributed by atoms with Crippen molar-refractivity contribution >= 4 is 26.7 Å². The lowest BCUT2D eigenvalue weighted by Gasteiger charge is -2.38. The number of nitrogens with one attached hydrogen (secondary N) is 1. The average molecular weight is 344 g/mol. The van der Waals surface area contributed by atoms with Crippen LogP contribution in [0.4, 0.5) is 0 Å². The molecule has 2 rings (SSSR count). The highest BCUT2D eigenvalue weighted by atomic mass is 79.9. The maximum atomic E-state index is 11.1. The SMILES string of the molecule is CC(CCS(C)=O)NC1CC(c2ccccc2Br)C1. The Morgan fingerprint density at radius 1 is 1.42 bits per heavy atom. The fourth-order valence-electron chi connectivity index (χ4n) is 2.64. The molecule has 0 spiro atoms. The third kappa shape index (κ3) is 4.40. The Labute approximate surface area is 127 Å². The smallest absolute Gasteiger partial charge is 0.0246 e. The number of hydrogen-bond donors (Lipinski definition) is 1. The molecule has 1 aromatic carbocycles. The standard InChI is InChI=1S/C15H22BrNOS/c1-11(7-8-19(2)18)17-13-9-12(10-13)14-5-3-4-6-15(14)16/h3-6,11-13,17H,7-10H2,1-2H3. The van der Waals surface area contributed by atoms with Crippen LogP contribution in [0.5, 0.6) is 0 Å². The van der Waals surface area contributed by atoms with Gasteiger partial charge in [-0.2, -0.15) is 0 Å². The molecule has 0 aromatic heterocycles. The second-order valence-electron chi connectivity index (χ2n) is 5.52. The van der Waals surface area contributed by atoms with Crippen LogP contribution in [-0.4, -0.2) is 28.3 Å². The fourth-order valence-corrected chi connectivity index (χ4v) is 3.94. The minimum atomic E-state index is -0.671. The first-order valence-corrected chi connectivity index (χ1v) is 9.38. The fraction of sp³-hybridized carbons (Fsp3) is 0.600. The van der Waals surface area contributed by atoms with Crippen molar-refractivity contribution in [3.63, 3.8) is 0 Å². The van der Waals surface area contributed by atoms with Crippen molar-refractivity contribution in [2.24, 2.45) is 0 Å². The third-order valence-electron chi connectivity index (χ3n) is 3.84. The zero-order valence-electron chi connectivity index (χ0n) is 11.6. The van der Waals surface area contributed by atoms with Crippen LogP contribution in [0.15, 0.2) is 28.7 Å². The van der Waals surface area contributed by atoms with Crippen LogP contribution < -0.4 is 5.32 Å². The van der Waals surface area contributed by atoms with Crippen molar-refractivity contribution in [3.8, 4) is 0 Å². The van der Waals surface area contributed by atoms with Crippen LogP contribution in [0.2, 0.25) is 0 Å². The van der Waals surface area contributed by atoms with Gasteiger partial charge in [0.1, 0.15) is 0 Å². The topological polar surface area (TPSA) is 29.1 Å². The molecule has 2 nitrogen and oxygen atoms in total. The molecule has 0 bridgehead atoms. The highest BCUT2D eigenvalue weighted by molar-refractivity contribution is 9.10. The van der Waals surface area contributed by atoms with Gasteiger partial charge in [-0.05, 0) is 43.7 Å². The molecule has 1 saturated carbocycles. The second-order valence-corrected chi connectivity index (χ2v) is 7.93. The molecule has 1 N–H and O–H groups in total. The first kappa shape index (κ1) is 15.2. The largest absolute Gasteiger partial charge is 0.311 e. The van der Waals surface area contributed by atoms with Crippen LogP contribution in [0.1, 0.15) is 37.7 Å². The monoisotopic (exact) mass is 343 g/mol. The van der Waals surface area contributed by atoms with Crippen LogP contribution in [0.3, 0.4) is 0 Å². The van der Waals surface area contributed by atoms with Gasteiger partial charge in [0, 0.05) is 39.4 Å². The van der Waals surface area contributed by atoms with Crippen molar-refractivity contribution in [2.45, 2.75) is 44.2 Å². The van der Waals surface area contributed by atoms with Gasteiger partial charge in [0.05, 0.1) is 0 Å². The summed E-state index contributed by atoms with van der Waals surface area (Å²) in [7, 11) is -0.671. The van der Waals surface area contributed by atoms with Gasteiger partial charge in [0.15, 0.2) is 0 Å². The summed E-state index contributed by atoms with van der Waals surface area (Å²) < 4.78 is 12.3. The Kier molecular flexibility index (Phi) is 5.60. The van der Waals surface area contributed by atoms with Crippen molar-refractivity contribution in [1.82, 2.24) is 5.32 Å². The summed E-state index contributed by atoms with van der Waals surface area (Å²) in [6.07, 6.45) is 5.20. The van der Waals surface area contributed by atoms with E-state index >= 15 is 0 Å². The summed E-state index contributed by atoms with van der Waals surface area (Å²) in [6.45, 7) is 2.19. The van der Waals surface area contributed by atoms with Gasteiger partial charge in [-0.15, -0.1) is 0 Å². The van der Waals surface area contributed by atoms with E-state index in [1.807, 2.05) is 0 Å². The predicted molar refractivity (Wildman–Crippen MR) is 86.1 cm³/mol. The maximum absolute atomic E-state index is 11.1. The van der Waals surface area contributed by atoms with Crippen LogP contribution in [-0.2, 0) is 10.8 Å². The zero-order valence-corrected chi connectivity index (χ0v) is 14.0. The summed E-state index contributed by atoms with van der Waals surface area (Å²) in [6, 6.07) is 9.60. The molecule has 0 saturated heterocycles. The molecule has 0 aliphatic heterocycles. The van der Waals surface area contributed by atoms with Crippen LogP contribution in [0.25, 0.3) is 0 Å². The lowest BCUT2D eigenvalue weighted by molar-refractivity contribution is 0.267. The van der Waals surface area contributed by atoms with Gasteiger partial charge in [0.2, 0.25) is 0 Å². The van der Waals surface area contributed by atoms with Gasteiger partial charge in [-0.3, -0.25) is 4.21 Å². The molecule has 0 radical (unpaired) electrons. The van der Waals surface area contributed by atoms with Crippen molar-refractivity contribution in [2.75, 3.05) is 12.0 Å². The first-order valence-electron chi connectivity index (χ1n) is 6.86. The average Bonchev–Trinajstić information content (AvgIpc) is 2.32. The van der Waals surface area contributed by atoms with Gasteiger partial charge >= 0.3 is 0 Å². The molecule has 2 unspecified atom stereocenters. The number of halogens is 1. The van der Waals surface area contributed by atoms with E-state index in [4.69, 9.17) is 0 Å². The molecule has 1 aliphatic rings. The minimum absolute atomic E-state index is 0.467. The molecule has 1 fully saturated rings. The second kappa shape index (κ2) is 7.00. The summed E-state index contributed by atoms with van der Waals surface area (Å²) >= 11 is 3.63. The summed E-state index contributed by atoms with van der Waals surface area (Å²) in [4.78, 5) is 0. The Balaban J connectivity index is 1.74. The molecule has 0 heterocycles. The Bertz CT molecular complexity index is 446. The van der Waals surface area contributed by atoms with E-state index in [9.17, 15) is 4.21 Å². The molecule has 0 amide bonds. The number of rotatable bonds is 6. The van der Waals surface area contributed by atoms with Crippen LogP contribution in [0, 0.1) is 0 Å². The molecular weight excluding hydrogens is 322 g/mol. The highest BCUT2D eigenvalue weighted by Gasteiger charge is 2.31. The van der Waals surface area contributed by atoms with Gasteiger partial charge in [0.25, 0.3) is 0 Å². The first-order chi connectivity index (χ1) is 9.06. The van der Waals surface area contributed by atoms with Crippen molar-refractivity contribution < 1.29 is 4.21 Å². The van der Waals surface area contributed by atoms with Crippen LogP contribution >= 0.6 is 15.9 Å². The van der Waals surface area contributed by atoms with Gasteiger partial charge < -0.3 is 5.32 Å². The molecule has 4 heteroatoms. The lowest BCUT2D eigenvalue weighted by Crippen LogP contribution is -2.44. The normalized spacial score (nSPS) is 25.6. The van der Waals surface area contributed by atoms with E-state index in [0.29, 0.717) is 18.0 Å². The number of benzene rings is 1. The summed E-state index contributed by atoms with van der Waals surface area (Å²) in [5.74, 6) is 1.48. The van der Waals surface area contributed by atoms with E-state index < -0.39 is 10.8 Å². The van der Waals surface area contributed by atoms with Gasteiger partial charge in [-0.1, -0.05) is 34.1 Å². The number of hydrogen-bond acceptors (Lipinski definition) is 2. The third-order valence-corrected chi connectivity index (χ3v) is 5.37. The van der Waals surface area contributed by atoms with Gasteiger partial charge in [-0.25, -0.2) is 0 Å². The molecule has 19 heavy (non-hydrogen) atoms. The summed E-state index contributed by atoms with van der Waals surface area (Å²) in [5.41, 5.74) is 1.43. The van der Waals surface area contributed by atoms with E-state index in [2.05, 4.69) is 52.4 Å². The van der Waals surface area contributed by atoms with E-state index in [1.165, 1.54) is 22.9 Å². The Hall–Kier alpha value is -0.190. The molecular formula is C15H22BrNOS. The maximum Gasteiger partial charge on any atom is 0.0246 e. The van der Waals surface area contributed by atoms with Crippen molar-refractivity contribution in [3.05, 3.63) is 34.3 Å². The highest BCUT2D eigenvalue weighted by Crippen LogP contribution is 2.40. The van der Waals surface area contributed by atoms with E-state index in [-0.39, 0.29) is 0 Å². The molecule has 106 valence electrons. The van der Waals surface area contributed by atoms with Crippen molar-refractivity contribution in [1.29, 1.82) is 0 Å². The minimum Gasteiger partial charge on any atom is -0.311 e. The molecule has 1 aliphatic carbocycles. The lowest BCUT2D eigenvalue weighted by atomic mass is 9.75. The Morgan fingerprint density at radius 3 is 2.74 bits per heavy atom. The zero-order chi connectivity index (χ0) is 13.8. The predicted octanol–water partition coefficient (Wildman–Crippen LogP) is 3.44. The molecule has 1 aromatic rings. The quantitative estimate of drug-likeness (QED) is 0.857. The Morgan fingerprint density at radius 2 is 2.11 bits per heavy atom. The van der Waals surface area contributed by atoms with E-state index in [1.54, 1.807) is 6.26 Å².